The van der Waals surface area contributed by atoms with Crippen LogP contribution in [0, 0.1) is 11.3 Å². The quantitative estimate of drug-likeness (QED) is 0.232. The maximum Gasteiger partial charge on any atom is 0.407 e. The van der Waals surface area contributed by atoms with Crippen molar-refractivity contribution in [1.29, 1.82) is 0 Å². The number of sulfonamides is 1. The molecule has 272 valence electrons. The molecule has 0 bridgehead atoms. The Labute approximate surface area is 300 Å². The molecule has 1 aromatic carbocycles. The molecule has 16 heteroatoms. The summed E-state index contributed by atoms with van der Waals surface area (Å²) < 4.78 is 39.1. The number of para-hydroxylation sites is 2. The largest absolute Gasteiger partial charge is 0.471 e. The first-order chi connectivity index (χ1) is 24.2. The maximum absolute atomic E-state index is 14.4. The van der Waals surface area contributed by atoms with Crippen molar-refractivity contribution in [1.82, 2.24) is 30.2 Å². The molecule has 0 spiro atoms. The minimum absolute atomic E-state index is 0.00303. The monoisotopic (exact) mass is 738 g/mol. The zero-order valence-corrected chi connectivity index (χ0v) is 30.5. The van der Waals surface area contributed by atoms with Crippen LogP contribution in [0.3, 0.4) is 0 Å². The first-order valence-electron chi connectivity index (χ1n) is 16.9. The van der Waals surface area contributed by atoms with Gasteiger partial charge in [-0.1, -0.05) is 45.0 Å². The minimum atomic E-state index is -3.90. The molecule has 1 saturated heterocycles. The van der Waals surface area contributed by atoms with Crippen molar-refractivity contribution in [2.45, 2.75) is 82.4 Å². The number of carbonyl (C=O) groups is 4. The third kappa shape index (κ3) is 7.56. The van der Waals surface area contributed by atoms with Gasteiger partial charge in [0.2, 0.25) is 27.7 Å². The van der Waals surface area contributed by atoms with Crippen LogP contribution < -0.4 is 20.1 Å². The normalized spacial score (nSPS) is 23.6. The molecule has 2 aromatic heterocycles. The van der Waals surface area contributed by atoms with E-state index in [0.717, 1.165) is 4.88 Å². The highest BCUT2D eigenvalue weighted by Crippen LogP contribution is 2.45. The van der Waals surface area contributed by atoms with Gasteiger partial charge in [-0.3, -0.25) is 19.1 Å². The number of likely N-dealkylation sites (tertiary alicyclic amines) is 1. The highest BCUT2D eigenvalue weighted by molar-refractivity contribution is 7.91. The van der Waals surface area contributed by atoms with Crippen LogP contribution in [0.15, 0.2) is 54.4 Å². The number of nitrogens with zero attached hydrogens (tertiary/aromatic N) is 3. The fraction of sp³-hybridized carbons (Fsp3) is 0.486. The lowest BCUT2D eigenvalue weighted by Crippen LogP contribution is -2.60. The average molecular weight is 739 g/mol. The van der Waals surface area contributed by atoms with Gasteiger partial charge in [0.05, 0.1) is 34.3 Å². The number of aromatic nitrogens is 2. The third-order valence-electron chi connectivity index (χ3n) is 9.32. The second-order valence-electron chi connectivity index (χ2n) is 14.2. The van der Waals surface area contributed by atoms with E-state index in [9.17, 15) is 27.6 Å². The molecule has 3 fully saturated rings. The number of amides is 4. The summed E-state index contributed by atoms with van der Waals surface area (Å²) in [7, 11) is -3.90. The van der Waals surface area contributed by atoms with Crippen molar-refractivity contribution in [3.05, 3.63) is 54.4 Å². The lowest BCUT2D eigenvalue weighted by molar-refractivity contribution is -0.142. The molecular formula is C35H42N6O8S2. The van der Waals surface area contributed by atoms with Gasteiger partial charge < -0.3 is 25.0 Å². The van der Waals surface area contributed by atoms with Crippen LogP contribution in [-0.4, -0.2) is 89.2 Å². The third-order valence-corrected chi connectivity index (χ3v) is 12.0. The van der Waals surface area contributed by atoms with E-state index >= 15 is 0 Å². The molecule has 2 saturated carbocycles. The standard InChI is InChI=1S/C35H42N6O8S2/c1-6-20-18-35(20,32(44)40-51(46,47)22-14-15-22)39-29(42)25-17-21(19-41(25)31(43)28(34(3,4)5)38-33(45)48-7-2)49-30-27(26-13-10-16-50-26)36-23-11-8-9-12-24(23)37-30/h6,8-13,16,20-22,25,28H,1,7,14-15,17-19H2,2-5H3,(H,38,45)(H,39,42)(H,40,44)/t20-,21-,25+,28-,35?/m1/s1. The molecule has 14 nitrogen and oxygen atoms in total. The van der Waals surface area contributed by atoms with Gasteiger partial charge in [0, 0.05) is 12.3 Å². The SMILES string of the molecule is C=C[C@@H]1CC1(NC(=O)[C@@H]1C[C@@H](Oc2nc3ccccc3nc2-c2cccs2)CN1C(=O)[C@@H](NC(=O)OCC)C(C)(C)C)C(=O)NS(=O)(=O)C1CC1. The molecule has 1 unspecified atom stereocenters. The number of ether oxygens (including phenoxy) is 2. The first kappa shape index (κ1) is 36.2. The molecule has 4 amide bonds. The lowest BCUT2D eigenvalue weighted by Gasteiger charge is -2.35. The molecule has 3 heterocycles. The summed E-state index contributed by atoms with van der Waals surface area (Å²) in [4.78, 5) is 66.4. The summed E-state index contributed by atoms with van der Waals surface area (Å²) in [5, 5.41) is 6.70. The summed E-state index contributed by atoms with van der Waals surface area (Å²) in [6.07, 6.45) is 1.01. The van der Waals surface area contributed by atoms with Crippen LogP contribution in [0.4, 0.5) is 4.79 Å². The zero-order valence-electron chi connectivity index (χ0n) is 28.9. The zero-order chi connectivity index (χ0) is 36.7. The molecule has 3 N–H and O–H groups in total. The number of hydrogen-bond donors (Lipinski definition) is 3. The van der Waals surface area contributed by atoms with E-state index in [-0.39, 0.29) is 31.9 Å². The van der Waals surface area contributed by atoms with E-state index in [1.807, 2.05) is 41.8 Å². The van der Waals surface area contributed by atoms with E-state index in [1.165, 1.54) is 22.3 Å². The second kappa shape index (κ2) is 13.9. The summed E-state index contributed by atoms with van der Waals surface area (Å²) >= 11 is 1.46. The highest BCUT2D eigenvalue weighted by atomic mass is 32.2. The molecular weight excluding hydrogens is 697 g/mol. The van der Waals surface area contributed by atoms with E-state index in [4.69, 9.17) is 19.4 Å². The lowest BCUT2D eigenvalue weighted by atomic mass is 9.85. The summed E-state index contributed by atoms with van der Waals surface area (Å²) in [6.45, 7) is 10.8. The van der Waals surface area contributed by atoms with Crippen LogP contribution in [0.2, 0.25) is 0 Å². The Kier molecular flexibility index (Phi) is 9.85. The van der Waals surface area contributed by atoms with Gasteiger partial charge in [-0.15, -0.1) is 17.9 Å². The summed E-state index contributed by atoms with van der Waals surface area (Å²) in [5.41, 5.74) is -0.594. The number of alkyl carbamates (subject to hydrolysis) is 1. The van der Waals surface area contributed by atoms with E-state index in [0.29, 0.717) is 29.6 Å². The summed E-state index contributed by atoms with van der Waals surface area (Å²) in [6, 6.07) is 8.87. The molecule has 51 heavy (non-hydrogen) atoms. The molecule has 2 aliphatic carbocycles. The first-order valence-corrected chi connectivity index (χ1v) is 19.3. The van der Waals surface area contributed by atoms with Crippen LogP contribution in [0.5, 0.6) is 5.88 Å². The number of carbonyl (C=O) groups excluding carboxylic acids is 4. The topological polar surface area (TPSA) is 186 Å². The van der Waals surface area contributed by atoms with Gasteiger partial charge in [0.15, 0.2) is 0 Å². The van der Waals surface area contributed by atoms with Crippen molar-refractivity contribution in [2.75, 3.05) is 13.2 Å². The maximum atomic E-state index is 14.4. The van der Waals surface area contributed by atoms with E-state index < -0.39 is 74.1 Å². The smallest absolute Gasteiger partial charge is 0.407 e. The average Bonchev–Trinajstić information content (AvgIpc) is 3.95. The van der Waals surface area contributed by atoms with E-state index in [1.54, 1.807) is 27.7 Å². The number of fused-ring (bicyclic) bond motifs is 1. The Morgan fingerprint density at radius 3 is 2.41 bits per heavy atom. The Hall–Kier alpha value is -4.57. The van der Waals surface area contributed by atoms with Crippen molar-refractivity contribution in [2.24, 2.45) is 11.3 Å². The minimum Gasteiger partial charge on any atom is -0.471 e. The van der Waals surface area contributed by atoms with Gasteiger partial charge in [-0.2, -0.15) is 0 Å². The predicted octanol–water partition coefficient (Wildman–Crippen LogP) is 3.54. The molecule has 1 aliphatic heterocycles. The highest BCUT2D eigenvalue weighted by Gasteiger charge is 2.62. The van der Waals surface area contributed by atoms with E-state index in [2.05, 4.69) is 21.9 Å². The van der Waals surface area contributed by atoms with Crippen molar-refractivity contribution in [3.63, 3.8) is 0 Å². The number of thiophene rings is 1. The number of nitrogens with one attached hydrogen (secondary N) is 3. The Bertz CT molecular complexity index is 1960. The van der Waals surface area contributed by atoms with Crippen LogP contribution >= 0.6 is 11.3 Å². The molecule has 0 radical (unpaired) electrons. The van der Waals surface area contributed by atoms with Crippen LogP contribution in [0.25, 0.3) is 21.6 Å². The Balaban J connectivity index is 1.32. The van der Waals surface area contributed by atoms with Gasteiger partial charge in [-0.25, -0.2) is 23.2 Å². The van der Waals surface area contributed by atoms with Crippen molar-refractivity contribution >= 4 is 56.2 Å². The molecule has 3 aliphatic rings. The number of hydrogen-bond acceptors (Lipinski definition) is 11. The Morgan fingerprint density at radius 1 is 1.12 bits per heavy atom. The van der Waals surface area contributed by atoms with Gasteiger partial charge in [0.25, 0.3) is 5.91 Å². The molecule has 6 rings (SSSR count). The van der Waals surface area contributed by atoms with Crippen LogP contribution in [0.1, 0.15) is 53.4 Å². The fourth-order valence-corrected chi connectivity index (χ4v) is 8.37. The molecule has 5 atom stereocenters. The van der Waals surface area contributed by atoms with Gasteiger partial charge >= 0.3 is 6.09 Å². The summed E-state index contributed by atoms with van der Waals surface area (Å²) in [5.74, 6) is -2.38. The number of rotatable bonds is 12. The predicted molar refractivity (Wildman–Crippen MR) is 190 cm³/mol. The fourth-order valence-electron chi connectivity index (χ4n) is 6.30. The Morgan fingerprint density at radius 2 is 1.82 bits per heavy atom. The van der Waals surface area contributed by atoms with Gasteiger partial charge in [-0.05, 0) is 55.2 Å². The number of benzene rings is 1. The van der Waals surface area contributed by atoms with Crippen LogP contribution in [-0.2, 0) is 29.1 Å². The van der Waals surface area contributed by atoms with Crippen molar-refractivity contribution < 1.29 is 37.1 Å². The second-order valence-corrected chi connectivity index (χ2v) is 17.1. The van der Waals surface area contributed by atoms with Crippen molar-refractivity contribution in [3.8, 4) is 16.5 Å². The molecule has 3 aromatic rings. The van der Waals surface area contributed by atoms with Gasteiger partial charge in [0.1, 0.15) is 29.4 Å².